The Labute approximate surface area is 133 Å². The fraction of sp³-hybridized carbons (Fsp3) is 0.533. The zero-order valence-electron chi connectivity index (χ0n) is 12.5. The van der Waals surface area contributed by atoms with E-state index in [1.54, 1.807) is 11.3 Å². The van der Waals surface area contributed by atoms with E-state index >= 15 is 0 Å². The van der Waals surface area contributed by atoms with Crippen LogP contribution in [-0.4, -0.2) is 16.0 Å². The number of amides is 1. The molecule has 2 aromatic heterocycles. The van der Waals surface area contributed by atoms with Gasteiger partial charge in [-0.2, -0.15) is 4.98 Å². The minimum Gasteiger partial charge on any atom is -0.348 e. The molecule has 6 nitrogen and oxygen atoms in total. The summed E-state index contributed by atoms with van der Waals surface area (Å²) in [6, 6.07) is 3.80. The lowest BCUT2D eigenvalue weighted by molar-refractivity contribution is -0.119. The smallest absolute Gasteiger partial charge is 0.229 e. The predicted molar refractivity (Wildman–Crippen MR) is 83.2 cm³/mol. The Bertz CT molecular complexity index is 632. The van der Waals surface area contributed by atoms with E-state index in [4.69, 9.17) is 10.3 Å². The third-order valence-corrected chi connectivity index (χ3v) is 5.04. The highest BCUT2D eigenvalue weighted by atomic mass is 32.1. The molecule has 1 aliphatic rings. The van der Waals surface area contributed by atoms with Gasteiger partial charge in [-0.05, 0) is 24.3 Å². The van der Waals surface area contributed by atoms with Gasteiger partial charge in [-0.15, -0.1) is 11.3 Å². The summed E-state index contributed by atoms with van der Waals surface area (Å²) in [5, 5.41) is 8.98. The van der Waals surface area contributed by atoms with Crippen LogP contribution in [0.5, 0.6) is 0 Å². The van der Waals surface area contributed by atoms with Crippen LogP contribution in [-0.2, 0) is 16.8 Å². The molecule has 0 saturated heterocycles. The van der Waals surface area contributed by atoms with Gasteiger partial charge in [0.15, 0.2) is 5.82 Å². The number of nitrogens with two attached hydrogens (primary N) is 1. The Hall–Kier alpha value is -1.73. The van der Waals surface area contributed by atoms with Gasteiger partial charge in [-0.25, -0.2) is 0 Å². The summed E-state index contributed by atoms with van der Waals surface area (Å²) in [6.45, 7) is 1.51. The molecular weight excluding hydrogens is 300 g/mol. The molecule has 1 atom stereocenters. The van der Waals surface area contributed by atoms with Crippen molar-refractivity contribution < 1.29 is 9.32 Å². The molecule has 3 rings (SSSR count). The van der Waals surface area contributed by atoms with Gasteiger partial charge >= 0.3 is 0 Å². The molecule has 1 unspecified atom stereocenters. The molecule has 2 aromatic rings. The second kappa shape index (κ2) is 6.18. The average Bonchev–Trinajstić information content (AvgIpc) is 3.18. The maximum atomic E-state index is 11.4. The number of thiophene rings is 1. The van der Waals surface area contributed by atoms with Gasteiger partial charge in [0.05, 0.1) is 18.0 Å². The van der Waals surface area contributed by atoms with Crippen molar-refractivity contribution in [2.24, 2.45) is 5.73 Å². The monoisotopic (exact) mass is 320 g/mol. The lowest BCUT2D eigenvalue weighted by Gasteiger charge is -2.18. The second-order valence-electron chi connectivity index (χ2n) is 5.85. The van der Waals surface area contributed by atoms with Crippen LogP contribution in [0.15, 0.2) is 22.0 Å². The van der Waals surface area contributed by atoms with Crippen LogP contribution in [0, 0.1) is 0 Å². The molecule has 22 heavy (non-hydrogen) atoms. The Morgan fingerprint density at radius 2 is 2.32 bits per heavy atom. The van der Waals surface area contributed by atoms with E-state index in [0.29, 0.717) is 18.1 Å². The maximum absolute atomic E-state index is 11.4. The van der Waals surface area contributed by atoms with E-state index in [1.165, 1.54) is 6.92 Å². The van der Waals surface area contributed by atoms with Crippen LogP contribution >= 0.6 is 11.3 Å². The van der Waals surface area contributed by atoms with E-state index in [9.17, 15) is 4.79 Å². The largest absolute Gasteiger partial charge is 0.348 e. The van der Waals surface area contributed by atoms with Gasteiger partial charge in [-0.3, -0.25) is 4.79 Å². The molecule has 1 aliphatic carbocycles. The Kier molecular flexibility index (Phi) is 4.26. The van der Waals surface area contributed by atoms with E-state index in [0.717, 1.165) is 30.6 Å². The number of nitrogens with one attached hydrogen (secondary N) is 1. The van der Waals surface area contributed by atoms with Crippen LogP contribution in [0.3, 0.4) is 0 Å². The van der Waals surface area contributed by atoms with Crippen molar-refractivity contribution >= 4 is 17.2 Å². The number of carbonyl (C=O) groups is 1. The quantitative estimate of drug-likeness (QED) is 0.881. The van der Waals surface area contributed by atoms with E-state index < -0.39 is 5.54 Å². The maximum Gasteiger partial charge on any atom is 0.229 e. The minimum absolute atomic E-state index is 0.0794. The molecule has 0 aromatic carbocycles. The Morgan fingerprint density at radius 1 is 1.55 bits per heavy atom. The summed E-state index contributed by atoms with van der Waals surface area (Å²) < 4.78 is 5.36. The third kappa shape index (κ3) is 3.20. The van der Waals surface area contributed by atoms with Gasteiger partial charge in [0.1, 0.15) is 0 Å². The Balaban J connectivity index is 1.76. The highest BCUT2D eigenvalue weighted by Gasteiger charge is 2.36. The van der Waals surface area contributed by atoms with Crippen LogP contribution in [0.25, 0.3) is 0 Å². The Morgan fingerprint density at radius 3 is 2.95 bits per heavy atom. The SMILES string of the molecule is CC(=O)NC(Cc1nc(C2(N)CCCC2)no1)c1cccs1. The van der Waals surface area contributed by atoms with Gasteiger partial charge in [0.2, 0.25) is 11.8 Å². The zero-order chi connectivity index (χ0) is 15.6. The summed E-state index contributed by atoms with van der Waals surface area (Å²) >= 11 is 1.59. The minimum atomic E-state index is -0.450. The fourth-order valence-electron chi connectivity index (χ4n) is 2.90. The van der Waals surface area contributed by atoms with Gasteiger partial charge in [0, 0.05) is 11.8 Å². The molecule has 0 bridgehead atoms. The van der Waals surface area contributed by atoms with Crippen molar-refractivity contribution in [3.05, 3.63) is 34.1 Å². The first-order chi connectivity index (χ1) is 10.6. The molecule has 3 N–H and O–H groups in total. The molecule has 7 heteroatoms. The van der Waals surface area contributed by atoms with Crippen LogP contribution in [0.2, 0.25) is 0 Å². The molecule has 0 spiro atoms. The van der Waals surface area contributed by atoms with E-state index in [1.807, 2.05) is 17.5 Å². The lowest BCUT2D eigenvalue weighted by Crippen LogP contribution is -2.34. The first-order valence-electron chi connectivity index (χ1n) is 7.49. The average molecular weight is 320 g/mol. The van der Waals surface area contributed by atoms with Crippen molar-refractivity contribution in [1.29, 1.82) is 0 Å². The molecule has 0 aliphatic heterocycles. The summed E-state index contributed by atoms with van der Waals surface area (Å²) in [5.74, 6) is 1.02. The number of nitrogens with zero attached hydrogens (tertiary/aromatic N) is 2. The summed E-state index contributed by atoms with van der Waals surface area (Å²) in [5.41, 5.74) is 5.90. The first-order valence-corrected chi connectivity index (χ1v) is 8.37. The van der Waals surface area contributed by atoms with Gasteiger partial charge < -0.3 is 15.6 Å². The van der Waals surface area contributed by atoms with Gasteiger partial charge in [-0.1, -0.05) is 24.1 Å². The number of carbonyl (C=O) groups excluding carboxylic acids is 1. The van der Waals surface area contributed by atoms with Crippen molar-refractivity contribution in [3.8, 4) is 0 Å². The van der Waals surface area contributed by atoms with Crippen LogP contribution < -0.4 is 11.1 Å². The fourth-order valence-corrected chi connectivity index (χ4v) is 3.68. The van der Waals surface area contributed by atoms with Crippen molar-refractivity contribution in [2.75, 3.05) is 0 Å². The molecule has 118 valence electrons. The van der Waals surface area contributed by atoms with E-state index in [2.05, 4.69) is 15.5 Å². The van der Waals surface area contributed by atoms with Gasteiger partial charge in [0.25, 0.3) is 0 Å². The molecule has 1 fully saturated rings. The van der Waals surface area contributed by atoms with Crippen molar-refractivity contribution in [1.82, 2.24) is 15.5 Å². The molecular formula is C15H20N4O2S. The highest BCUT2D eigenvalue weighted by Crippen LogP contribution is 2.34. The summed E-state index contributed by atoms with van der Waals surface area (Å²) in [6.07, 6.45) is 4.47. The first kappa shape index (κ1) is 15.2. The molecule has 0 radical (unpaired) electrons. The standard InChI is InChI=1S/C15H20N4O2S/c1-10(20)17-11(12-5-4-8-22-12)9-13-18-14(19-21-13)15(16)6-2-3-7-15/h4-5,8,11H,2-3,6-7,9,16H2,1H3,(H,17,20). The highest BCUT2D eigenvalue weighted by molar-refractivity contribution is 7.10. The number of rotatable bonds is 5. The third-order valence-electron chi connectivity index (χ3n) is 4.05. The molecule has 1 saturated carbocycles. The summed E-state index contributed by atoms with van der Waals surface area (Å²) in [7, 11) is 0. The summed E-state index contributed by atoms with van der Waals surface area (Å²) in [4.78, 5) is 17.0. The predicted octanol–water partition coefficient (Wildman–Crippen LogP) is 2.28. The number of hydrogen-bond donors (Lipinski definition) is 2. The zero-order valence-corrected chi connectivity index (χ0v) is 13.4. The lowest BCUT2D eigenvalue weighted by atomic mass is 9.99. The number of hydrogen-bond acceptors (Lipinski definition) is 6. The van der Waals surface area contributed by atoms with Crippen molar-refractivity contribution in [3.63, 3.8) is 0 Å². The topological polar surface area (TPSA) is 94.0 Å². The molecule has 2 heterocycles. The van der Waals surface area contributed by atoms with Crippen molar-refractivity contribution in [2.45, 2.75) is 50.6 Å². The van der Waals surface area contributed by atoms with Crippen LogP contribution in [0.4, 0.5) is 0 Å². The normalized spacial score (nSPS) is 18.3. The van der Waals surface area contributed by atoms with E-state index in [-0.39, 0.29) is 11.9 Å². The van der Waals surface area contributed by atoms with Crippen LogP contribution in [0.1, 0.15) is 55.2 Å². The second-order valence-corrected chi connectivity index (χ2v) is 6.83. The molecule has 1 amide bonds. The number of aromatic nitrogens is 2.